The topological polar surface area (TPSA) is 97.0 Å². The third-order valence-electron chi connectivity index (χ3n) is 3.04. The van der Waals surface area contributed by atoms with E-state index in [0.717, 1.165) is 23.1 Å². The molecule has 2 aromatic heterocycles. The first-order valence-electron chi connectivity index (χ1n) is 7.35. The number of fused-ring (bicyclic) bond motifs is 1. The van der Waals surface area contributed by atoms with E-state index in [2.05, 4.69) is 25.0 Å². The Morgan fingerprint density at radius 2 is 2.15 bits per heavy atom. The molecule has 7 nitrogen and oxygen atoms in total. The molecule has 0 spiro atoms. The molecule has 2 N–H and O–H groups in total. The van der Waals surface area contributed by atoms with Gasteiger partial charge in [0.1, 0.15) is 5.75 Å². The van der Waals surface area contributed by atoms with Crippen LogP contribution >= 0.6 is 23.1 Å². The van der Waals surface area contributed by atoms with E-state index in [1.54, 1.807) is 6.92 Å². The first-order chi connectivity index (χ1) is 12.7. The lowest BCUT2D eigenvalue weighted by atomic mass is 10.3. The average Bonchev–Trinajstić information content (AvgIpc) is 2.94. The molecular formula is C15H11F3N4O3S2. The minimum atomic E-state index is -4.82. The van der Waals surface area contributed by atoms with E-state index in [1.807, 2.05) is 0 Å². The van der Waals surface area contributed by atoms with E-state index in [0.29, 0.717) is 10.9 Å². The summed E-state index contributed by atoms with van der Waals surface area (Å²) >= 11 is 1.89. The number of carbonyl (C=O) groups excluding carboxylic acids is 1. The van der Waals surface area contributed by atoms with Crippen LogP contribution in [0, 0.1) is 6.92 Å². The number of carbonyl (C=O) groups is 1. The van der Waals surface area contributed by atoms with Crippen LogP contribution in [0.5, 0.6) is 5.75 Å². The number of aromatic amines is 1. The molecule has 27 heavy (non-hydrogen) atoms. The summed E-state index contributed by atoms with van der Waals surface area (Å²) in [5, 5.41) is 2.94. The van der Waals surface area contributed by atoms with Crippen molar-refractivity contribution in [2.75, 3.05) is 11.1 Å². The summed E-state index contributed by atoms with van der Waals surface area (Å²) in [6.45, 7) is 1.65. The number of halogens is 3. The van der Waals surface area contributed by atoms with Gasteiger partial charge in [-0.15, -0.1) is 13.2 Å². The summed E-state index contributed by atoms with van der Waals surface area (Å²) in [7, 11) is 0. The second-order valence-electron chi connectivity index (χ2n) is 5.20. The van der Waals surface area contributed by atoms with Gasteiger partial charge in [0.2, 0.25) is 5.91 Å². The van der Waals surface area contributed by atoms with Crippen LogP contribution in [-0.4, -0.2) is 33.0 Å². The first kappa shape index (κ1) is 19.2. The molecule has 2 heterocycles. The molecule has 0 aliphatic rings. The molecule has 0 radical (unpaired) electrons. The predicted octanol–water partition coefficient (Wildman–Crippen LogP) is 3.32. The number of hydrogen-bond donors (Lipinski definition) is 2. The van der Waals surface area contributed by atoms with E-state index in [1.165, 1.54) is 24.3 Å². The summed E-state index contributed by atoms with van der Waals surface area (Å²) in [6, 6.07) is 5.40. The Morgan fingerprint density at radius 1 is 1.37 bits per heavy atom. The van der Waals surface area contributed by atoms with Gasteiger partial charge in [-0.25, -0.2) is 9.97 Å². The number of H-pyrrole nitrogens is 1. The zero-order chi connectivity index (χ0) is 19.6. The van der Waals surface area contributed by atoms with Crippen molar-refractivity contribution in [1.82, 2.24) is 15.0 Å². The lowest BCUT2D eigenvalue weighted by Crippen LogP contribution is -2.17. The number of aromatic nitrogens is 3. The van der Waals surface area contributed by atoms with Gasteiger partial charge in [-0.3, -0.25) is 9.59 Å². The van der Waals surface area contributed by atoms with Gasteiger partial charge in [-0.2, -0.15) is 0 Å². The molecule has 12 heteroatoms. The zero-order valence-corrected chi connectivity index (χ0v) is 15.2. The van der Waals surface area contributed by atoms with Crippen molar-refractivity contribution >= 4 is 44.4 Å². The Kier molecular flexibility index (Phi) is 5.37. The van der Waals surface area contributed by atoms with E-state index in [-0.39, 0.29) is 32.4 Å². The number of nitrogens with zero attached hydrogens (tertiary/aromatic N) is 2. The van der Waals surface area contributed by atoms with Crippen molar-refractivity contribution < 1.29 is 22.7 Å². The molecule has 0 saturated heterocycles. The molecule has 0 aliphatic heterocycles. The Labute approximate surface area is 158 Å². The second kappa shape index (κ2) is 7.56. The number of nitrogens with one attached hydrogen (secondary N) is 2. The lowest BCUT2D eigenvalue weighted by Gasteiger charge is -2.08. The third kappa shape index (κ3) is 5.20. The SMILES string of the molecule is Cc1cc(=O)[nH]c(SCC(=O)Nc2nc3cccc(OC(F)(F)F)c3s2)n1. The fraction of sp³-hybridized carbons (Fsp3) is 0.200. The van der Waals surface area contributed by atoms with Crippen LogP contribution in [0.25, 0.3) is 10.2 Å². The van der Waals surface area contributed by atoms with Crippen LogP contribution in [0.3, 0.4) is 0 Å². The van der Waals surface area contributed by atoms with Gasteiger partial charge in [0, 0.05) is 11.8 Å². The van der Waals surface area contributed by atoms with Gasteiger partial charge >= 0.3 is 6.36 Å². The number of amides is 1. The maximum atomic E-state index is 12.5. The van der Waals surface area contributed by atoms with E-state index < -0.39 is 12.3 Å². The molecule has 1 amide bonds. The third-order valence-corrected chi connectivity index (χ3v) is 4.91. The molecule has 0 fully saturated rings. The summed E-state index contributed by atoms with van der Waals surface area (Å²) in [5.41, 5.74) is 0.466. The number of anilines is 1. The predicted molar refractivity (Wildman–Crippen MR) is 95.3 cm³/mol. The van der Waals surface area contributed by atoms with Crippen molar-refractivity contribution in [2.24, 2.45) is 0 Å². The molecule has 0 unspecified atom stereocenters. The van der Waals surface area contributed by atoms with Crippen LogP contribution < -0.4 is 15.6 Å². The van der Waals surface area contributed by atoms with Gasteiger partial charge < -0.3 is 15.0 Å². The van der Waals surface area contributed by atoms with Crippen LogP contribution in [0.2, 0.25) is 0 Å². The molecule has 0 atom stereocenters. The number of aryl methyl sites for hydroxylation is 1. The minimum absolute atomic E-state index is 0.0613. The maximum Gasteiger partial charge on any atom is 0.573 e. The van der Waals surface area contributed by atoms with Gasteiger partial charge in [0.15, 0.2) is 10.3 Å². The zero-order valence-electron chi connectivity index (χ0n) is 13.6. The molecule has 0 bridgehead atoms. The van der Waals surface area contributed by atoms with Crippen LogP contribution in [0.1, 0.15) is 5.69 Å². The van der Waals surface area contributed by atoms with Crippen LogP contribution in [-0.2, 0) is 4.79 Å². The largest absolute Gasteiger partial charge is 0.573 e. The van der Waals surface area contributed by atoms with Crippen molar-refractivity contribution in [3.8, 4) is 5.75 Å². The number of thioether (sulfide) groups is 1. The first-order valence-corrected chi connectivity index (χ1v) is 9.16. The van der Waals surface area contributed by atoms with Crippen molar-refractivity contribution in [1.29, 1.82) is 0 Å². The summed E-state index contributed by atoms with van der Waals surface area (Å²) in [4.78, 5) is 34.1. The molecule has 3 aromatic rings. The quantitative estimate of drug-likeness (QED) is 0.489. The summed E-state index contributed by atoms with van der Waals surface area (Å²) in [5.74, 6) is -0.885. The number of benzene rings is 1. The monoisotopic (exact) mass is 416 g/mol. The van der Waals surface area contributed by atoms with Crippen molar-refractivity contribution in [3.63, 3.8) is 0 Å². The Bertz CT molecular complexity index is 1050. The minimum Gasteiger partial charge on any atom is -0.404 e. The highest BCUT2D eigenvalue weighted by atomic mass is 32.2. The van der Waals surface area contributed by atoms with Crippen molar-refractivity contribution in [3.05, 3.63) is 40.3 Å². The number of rotatable bonds is 5. The van der Waals surface area contributed by atoms with E-state index >= 15 is 0 Å². The molecule has 0 aliphatic carbocycles. The van der Waals surface area contributed by atoms with Crippen LogP contribution in [0.4, 0.5) is 18.3 Å². The molecular weight excluding hydrogens is 405 g/mol. The van der Waals surface area contributed by atoms with Gasteiger partial charge in [0.25, 0.3) is 5.56 Å². The average molecular weight is 416 g/mol. The number of alkyl halides is 3. The Balaban J connectivity index is 1.70. The number of ether oxygens (including phenoxy) is 1. The smallest absolute Gasteiger partial charge is 0.404 e. The lowest BCUT2D eigenvalue weighted by molar-refractivity contribution is -0.274. The Hall–Kier alpha value is -2.60. The highest BCUT2D eigenvalue weighted by molar-refractivity contribution is 7.99. The van der Waals surface area contributed by atoms with Crippen LogP contribution in [0.15, 0.2) is 34.2 Å². The van der Waals surface area contributed by atoms with Gasteiger partial charge in [0.05, 0.1) is 16.0 Å². The van der Waals surface area contributed by atoms with E-state index in [9.17, 15) is 22.8 Å². The highest BCUT2D eigenvalue weighted by Crippen LogP contribution is 2.36. The highest BCUT2D eigenvalue weighted by Gasteiger charge is 2.32. The fourth-order valence-corrected chi connectivity index (χ4v) is 3.74. The molecule has 0 saturated carbocycles. The maximum absolute atomic E-state index is 12.5. The standard InChI is InChI=1S/C15H11F3N4O3S2/c1-7-5-10(23)21-13(19-7)26-6-11(24)22-14-20-8-3-2-4-9(12(8)27-14)25-15(16,17)18/h2-5H,6H2,1H3,(H,19,21,23)(H,20,22,24). The van der Waals surface area contributed by atoms with Gasteiger partial charge in [-0.05, 0) is 19.1 Å². The van der Waals surface area contributed by atoms with E-state index in [4.69, 9.17) is 0 Å². The fourth-order valence-electron chi connectivity index (χ4n) is 2.09. The number of thiazole rings is 1. The number of hydrogen-bond acceptors (Lipinski definition) is 7. The normalized spacial score (nSPS) is 11.6. The summed E-state index contributed by atoms with van der Waals surface area (Å²) < 4.78 is 41.5. The van der Waals surface area contributed by atoms with Gasteiger partial charge in [-0.1, -0.05) is 29.2 Å². The molecule has 1 aromatic carbocycles. The Morgan fingerprint density at radius 3 is 2.85 bits per heavy atom. The second-order valence-corrected chi connectivity index (χ2v) is 7.16. The summed E-state index contributed by atoms with van der Waals surface area (Å²) in [6.07, 6.45) is -4.82. The molecule has 3 rings (SSSR count). The molecule has 142 valence electrons. The van der Waals surface area contributed by atoms with Crippen molar-refractivity contribution in [2.45, 2.75) is 18.4 Å².